The third-order valence-corrected chi connectivity index (χ3v) is 9.37. The van der Waals surface area contributed by atoms with Crippen molar-refractivity contribution in [2.45, 2.75) is 82.7 Å². The van der Waals surface area contributed by atoms with Gasteiger partial charge < -0.3 is 24.5 Å². The van der Waals surface area contributed by atoms with Crippen LogP contribution in [0.4, 0.5) is 0 Å². The first-order chi connectivity index (χ1) is 19.4. The lowest BCUT2D eigenvalue weighted by Crippen LogP contribution is -2.58. The maximum Gasteiger partial charge on any atom is 0.249 e. The van der Waals surface area contributed by atoms with E-state index in [1.165, 1.54) is 0 Å². The van der Waals surface area contributed by atoms with E-state index in [4.69, 9.17) is 4.74 Å². The van der Waals surface area contributed by atoms with Gasteiger partial charge in [0.25, 0.3) is 0 Å². The third kappa shape index (κ3) is 4.49. The number of hydrogen-bond donors (Lipinski definition) is 1. The number of carbonyl (C=O) groups is 3. The highest BCUT2D eigenvalue weighted by molar-refractivity contribution is 6.00. The molecular weight excluding hydrogens is 506 g/mol. The summed E-state index contributed by atoms with van der Waals surface area (Å²) in [6.07, 6.45) is 11.7. The van der Waals surface area contributed by atoms with Crippen LogP contribution in [0, 0.1) is 11.8 Å². The van der Waals surface area contributed by atoms with Gasteiger partial charge in [0.2, 0.25) is 17.7 Å². The monoisotopic (exact) mass is 549 g/mol. The van der Waals surface area contributed by atoms with Crippen molar-refractivity contribution in [1.82, 2.24) is 14.7 Å². The lowest BCUT2D eigenvalue weighted by Gasteiger charge is -2.40. The smallest absolute Gasteiger partial charge is 0.249 e. The fourth-order valence-electron chi connectivity index (χ4n) is 7.30. The summed E-state index contributed by atoms with van der Waals surface area (Å²) < 4.78 is 7.02. The van der Waals surface area contributed by atoms with Crippen LogP contribution in [0.3, 0.4) is 0 Å². The predicted molar refractivity (Wildman–Crippen MR) is 152 cm³/mol. The van der Waals surface area contributed by atoms with Crippen molar-refractivity contribution in [3.05, 3.63) is 60.2 Å². The highest BCUT2D eigenvalue weighted by Crippen LogP contribution is 2.59. The van der Waals surface area contributed by atoms with E-state index in [0.717, 1.165) is 24.8 Å². The average molecular weight is 550 g/mol. The molecule has 0 aromatic heterocycles. The largest absolute Gasteiger partial charge is 0.394 e. The molecule has 4 aliphatic heterocycles. The summed E-state index contributed by atoms with van der Waals surface area (Å²) in [6, 6.07) is 8.37. The first kappa shape index (κ1) is 28.6. The Bertz CT molecular complexity index is 1160. The molecule has 0 aliphatic carbocycles. The van der Waals surface area contributed by atoms with Crippen LogP contribution in [0.2, 0.25) is 0 Å². The Kier molecular flexibility index (Phi) is 8.20. The van der Waals surface area contributed by atoms with Gasteiger partial charge in [0, 0.05) is 26.2 Å². The molecule has 8 nitrogen and oxygen atoms in total. The number of hydrogen-bond acceptors (Lipinski definition) is 5. The minimum absolute atomic E-state index is 0.131. The number of aliphatic hydroxyl groups excluding tert-OH is 1. The molecule has 4 heterocycles. The van der Waals surface area contributed by atoms with E-state index in [1.54, 1.807) is 9.80 Å². The van der Waals surface area contributed by atoms with Gasteiger partial charge in [0.15, 0.2) is 0 Å². The zero-order valence-corrected chi connectivity index (χ0v) is 24.0. The number of carbonyl (C=O) groups excluding carboxylic acids is 3. The molecule has 1 aromatic rings. The summed E-state index contributed by atoms with van der Waals surface area (Å²) in [5.74, 6) is -2.21. The Balaban J connectivity index is 1.60. The molecule has 0 radical (unpaired) electrons. The van der Waals surface area contributed by atoms with Gasteiger partial charge in [0.1, 0.15) is 11.6 Å². The number of amides is 3. The van der Waals surface area contributed by atoms with Crippen LogP contribution in [-0.2, 0) is 25.7 Å². The molecule has 1 unspecified atom stereocenters. The van der Waals surface area contributed by atoms with E-state index in [1.807, 2.05) is 73.4 Å². The van der Waals surface area contributed by atoms with Gasteiger partial charge >= 0.3 is 0 Å². The average Bonchev–Trinajstić information content (AvgIpc) is 3.27. The Morgan fingerprint density at radius 1 is 0.925 bits per heavy atom. The Morgan fingerprint density at radius 2 is 1.65 bits per heavy atom. The highest BCUT2D eigenvalue weighted by atomic mass is 16.5. The fourth-order valence-corrected chi connectivity index (χ4v) is 7.30. The number of nitrogens with zero attached hydrogens (tertiary/aromatic N) is 3. The van der Waals surface area contributed by atoms with Crippen LogP contribution >= 0.6 is 0 Å². The van der Waals surface area contributed by atoms with Crippen LogP contribution in [0.25, 0.3) is 0 Å². The molecule has 1 N–H and O–H groups in total. The number of benzene rings is 1. The van der Waals surface area contributed by atoms with Crippen molar-refractivity contribution in [1.29, 1.82) is 0 Å². The molecule has 2 fully saturated rings. The Hall–Kier alpha value is -2.97. The van der Waals surface area contributed by atoms with Gasteiger partial charge in [-0.1, -0.05) is 88.2 Å². The van der Waals surface area contributed by atoms with Gasteiger partial charge in [-0.3, -0.25) is 14.4 Å². The van der Waals surface area contributed by atoms with Gasteiger partial charge in [0.05, 0.1) is 30.1 Å². The van der Waals surface area contributed by atoms with E-state index in [9.17, 15) is 19.5 Å². The lowest BCUT2D eigenvalue weighted by molar-refractivity contribution is -0.157. The van der Waals surface area contributed by atoms with Crippen LogP contribution < -0.4 is 0 Å². The highest BCUT2D eigenvalue weighted by Gasteiger charge is 2.75. The fraction of sp³-hybridized carbons (Fsp3) is 0.594. The Morgan fingerprint density at radius 3 is 2.33 bits per heavy atom. The van der Waals surface area contributed by atoms with Crippen LogP contribution in [0.1, 0.15) is 58.4 Å². The number of ether oxygens (including phenoxy) is 1. The van der Waals surface area contributed by atoms with Crippen molar-refractivity contribution in [3.8, 4) is 0 Å². The van der Waals surface area contributed by atoms with Crippen molar-refractivity contribution in [2.75, 3.05) is 26.2 Å². The van der Waals surface area contributed by atoms with Crippen LogP contribution in [0.15, 0.2) is 54.6 Å². The lowest BCUT2D eigenvalue weighted by atomic mass is 9.73. The van der Waals surface area contributed by atoms with Gasteiger partial charge in [-0.05, 0) is 24.8 Å². The number of rotatable bonds is 10. The molecular formula is C32H43N3O5. The molecule has 216 valence electrons. The second-order valence-corrected chi connectivity index (χ2v) is 11.6. The molecule has 0 saturated carbocycles. The van der Waals surface area contributed by atoms with Gasteiger partial charge in [-0.2, -0.15) is 0 Å². The van der Waals surface area contributed by atoms with Gasteiger partial charge in [-0.25, -0.2) is 0 Å². The summed E-state index contributed by atoms with van der Waals surface area (Å²) in [7, 11) is 0. The minimum Gasteiger partial charge on any atom is -0.394 e. The van der Waals surface area contributed by atoms with Gasteiger partial charge in [-0.15, -0.1) is 0 Å². The van der Waals surface area contributed by atoms with Crippen molar-refractivity contribution >= 4 is 17.7 Å². The van der Waals surface area contributed by atoms with Crippen LogP contribution in [-0.4, -0.2) is 87.1 Å². The molecule has 40 heavy (non-hydrogen) atoms. The molecule has 3 amide bonds. The summed E-state index contributed by atoms with van der Waals surface area (Å²) in [6.45, 7) is 7.63. The first-order valence-electron chi connectivity index (χ1n) is 15.0. The summed E-state index contributed by atoms with van der Waals surface area (Å²) >= 11 is 0. The molecule has 0 bridgehead atoms. The van der Waals surface area contributed by atoms with Crippen LogP contribution in [0.5, 0.6) is 0 Å². The number of fused-ring (bicyclic) bond motifs is 2. The predicted octanol–water partition coefficient (Wildman–Crippen LogP) is 3.31. The summed E-state index contributed by atoms with van der Waals surface area (Å²) in [5, 5.41) is 10.3. The van der Waals surface area contributed by atoms with Crippen molar-refractivity contribution < 1.29 is 24.2 Å². The Labute approximate surface area is 237 Å². The molecule has 1 aromatic carbocycles. The standard InChI is InChI=1S/C32H43N3O5/c1-4-7-11-18-33-19-13-17-32-26(29(38)35(24(5-2)22-36)27(32)30(33)39)25-28(37)34(21-23-14-9-8-10-15-23)20-12-16-31(25,6-3)40-32/h8-10,12-17,24-27,36H,4-7,11,18-22H2,1-3H3/t24-,25-,26-,27?,31+,32-/m0/s1. The van der Waals surface area contributed by atoms with E-state index < -0.39 is 35.1 Å². The molecule has 2 saturated heterocycles. The molecule has 6 atom stereocenters. The molecule has 8 heteroatoms. The van der Waals surface area contributed by atoms with E-state index in [2.05, 4.69) is 6.92 Å². The second-order valence-electron chi connectivity index (χ2n) is 11.6. The topological polar surface area (TPSA) is 90.4 Å². The number of unbranched alkanes of at least 4 members (excludes halogenated alkanes) is 2. The SMILES string of the molecule is CCCCCN1CC=C[C@]23O[C@]4(CC)C=CCN(Cc5ccccc5)C(=O)[C@@H]4[C@H]2C(=O)N([C@@H](CC)CO)C3C1=O. The second kappa shape index (κ2) is 11.5. The third-order valence-electron chi connectivity index (χ3n) is 9.37. The van der Waals surface area contributed by atoms with Crippen molar-refractivity contribution in [3.63, 3.8) is 0 Å². The molecule has 4 aliphatic rings. The van der Waals surface area contributed by atoms with Crippen molar-refractivity contribution in [2.24, 2.45) is 11.8 Å². The minimum atomic E-state index is -1.29. The first-order valence-corrected chi connectivity index (χ1v) is 15.0. The maximum absolute atomic E-state index is 14.5. The van der Waals surface area contributed by atoms with E-state index >= 15 is 0 Å². The van der Waals surface area contributed by atoms with E-state index in [-0.39, 0.29) is 24.3 Å². The van der Waals surface area contributed by atoms with E-state index in [0.29, 0.717) is 39.0 Å². The quantitative estimate of drug-likeness (QED) is 0.357. The zero-order valence-electron chi connectivity index (χ0n) is 24.0. The maximum atomic E-state index is 14.5. The number of likely N-dealkylation sites (tertiary alicyclic amines) is 1. The zero-order chi connectivity index (χ0) is 28.5. The molecule has 1 spiro atoms. The number of aliphatic hydroxyl groups is 1. The summed E-state index contributed by atoms with van der Waals surface area (Å²) in [5.41, 5.74) is -1.28. The molecule has 5 rings (SSSR count). The normalized spacial score (nSPS) is 32.1. The summed E-state index contributed by atoms with van der Waals surface area (Å²) in [4.78, 5) is 48.4.